The summed E-state index contributed by atoms with van der Waals surface area (Å²) >= 11 is 0. The molecule has 0 bridgehead atoms. The van der Waals surface area contributed by atoms with Gasteiger partial charge in [0.25, 0.3) is 0 Å². The fraction of sp³-hybridized carbons (Fsp3) is 0.652. The van der Waals surface area contributed by atoms with E-state index in [-0.39, 0.29) is 5.91 Å². The van der Waals surface area contributed by atoms with Gasteiger partial charge in [-0.1, -0.05) is 0 Å². The Morgan fingerprint density at radius 2 is 1.97 bits per heavy atom. The van der Waals surface area contributed by atoms with Gasteiger partial charge in [-0.3, -0.25) is 14.4 Å². The summed E-state index contributed by atoms with van der Waals surface area (Å²) in [5.41, 5.74) is 4.05. The minimum absolute atomic E-state index is 0.0505. The number of carbonyl (C=O) groups excluding carboxylic acids is 1. The molecule has 5 heterocycles. The quantitative estimate of drug-likeness (QED) is 0.796. The van der Waals surface area contributed by atoms with Crippen LogP contribution in [0.1, 0.15) is 63.9 Å². The molecular formula is C23H33N5O2. The molecule has 0 saturated carbocycles. The smallest absolute Gasteiger partial charge is 0.235 e. The van der Waals surface area contributed by atoms with Crippen LogP contribution in [0.5, 0.6) is 0 Å². The molecule has 1 amide bonds. The molecule has 2 N–H and O–H groups in total. The van der Waals surface area contributed by atoms with Crippen molar-refractivity contribution in [2.45, 2.75) is 58.5 Å². The maximum Gasteiger partial charge on any atom is 0.235 e. The molecule has 1 aromatic heterocycles. The van der Waals surface area contributed by atoms with Crippen LogP contribution in [0.15, 0.2) is 23.5 Å². The van der Waals surface area contributed by atoms with Crippen LogP contribution in [-0.2, 0) is 9.53 Å². The monoisotopic (exact) mass is 411 g/mol. The van der Waals surface area contributed by atoms with Gasteiger partial charge >= 0.3 is 0 Å². The molecule has 4 aliphatic heterocycles. The summed E-state index contributed by atoms with van der Waals surface area (Å²) in [5.74, 6) is 1.45. The number of carbonyl (C=O) groups is 1. The molecule has 30 heavy (non-hydrogen) atoms. The second-order valence-electron chi connectivity index (χ2n) is 9.89. The van der Waals surface area contributed by atoms with Crippen molar-refractivity contribution in [3.05, 3.63) is 34.9 Å². The highest BCUT2D eigenvalue weighted by atomic mass is 16.5. The number of nitrogens with one attached hydrogen (secondary N) is 2. The summed E-state index contributed by atoms with van der Waals surface area (Å²) in [6, 6.07) is 3.25. The zero-order valence-electron chi connectivity index (χ0n) is 18.5. The van der Waals surface area contributed by atoms with E-state index in [0.29, 0.717) is 24.5 Å². The average Bonchev–Trinajstić information content (AvgIpc) is 3.21. The van der Waals surface area contributed by atoms with Gasteiger partial charge in [-0.2, -0.15) is 5.10 Å². The van der Waals surface area contributed by atoms with Gasteiger partial charge in [-0.05, 0) is 71.3 Å². The van der Waals surface area contributed by atoms with E-state index >= 15 is 0 Å². The number of nitrogens with zero attached hydrogens (tertiary/aromatic N) is 3. The first-order chi connectivity index (χ1) is 14.3. The second kappa shape index (κ2) is 7.24. The summed E-state index contributed by atoms with van der Waals surface area (Å²) in [6.07, 6.45) is 4.51. The van der Waals surface area contributed by atoms with Crippen molar-refractivity contribution in [1.29, 1.82) is 0 Å². The largest absolute Gasteiger partial charge is 0.378 e. The number of piperidine rings is 1. The summed E-state index contributed by atoms with van der Waals surface area (Å²) in [4.78, 5) is 14.9. The lowest BCUT2D eigenvalue weighted by atomic mass is 9.83. The van der Waals surface area contributed by atoms with Crippen LogP contribution in [0.25, 0.3) is 5.57 Å². The molecule has 0 unspecified atom stereocenters. The van der Waals surface area contributed by atoms with Crippen molar-refractivity contribution in [2.24, 2.45) is 5.41 Å². The number of amides is 1. The SMILES string of the molecule is CC(C)n1nc(C2=CC3=C(NC2)NC(=O)C3(C)C)cc1C1CCN(C2COC2)CC1. The van der Waals surface area contributed by atoms with Gasteiger partial charge in [0.05, 0.1) is 30.4 Å². The third-order valence-electron chi connectivity index (χ3n) is 7.19. The lowest BCUT2D eigenvalue weighted by Crippen LogP contribution is -2.51. The van der Waals surface area contributed by atoms with Crippen LogP contribution in [0.4, 0.5) is 0 Å². The van der Waals surface area contributed by atoms with E-state index in [2.05, 4.69) is 46.2 Å². The molecule has 0 aromatic carbocycles. The molecular weight excluding hydrogens is 378 g/mol. The topological polar surface area (TPSA) is 71.4 Å². The van der Waals surface area contributed by atoms with E-state index in [1.807, 2.05) is 13.8 Å². The van der Waals surface area contributed by atoms with E-state index in [9.17, 15) is 4.79 Å². The molecule has 4 aliphatic rings. The Labute approximate surface area is 178 Å². The standard InChI is InChI=1S/C23H33N5O2/c1-14(2)28-20(15-5-7-27(8-6-15)17-12-30-13-17)10-19(26-28)16-9-18-21(24-11-16)25-22(29)23(18,3)4/h9-10,14-15,17,24H,5-8,11-13H2,1-4H3,(H,25,29). The molecule has 0 atom stereocenters. The molecule has 0 spiro atoms. The maximum atomic E-state index is 12.3. The Balaban J connectivity index is 1.40. The molecule has 1 aromatic rings. The maximum absolute atomic E-state index is 12.3. The molecule has 7 nitrogen and oxygen atoms in total. The zero-order valence-corrected chi connectivity index (χ0v) is 18.5. The lowest BCUT2D eigenvalue weighted by molar-refractivity contribution is -0.125. The van der Waals surface area contributed by atoms with E-state index in [1.165, 1.54) is 18.5 Å². The van der Waals surface area contributed by atoms with Gasteiger partial charge in [0.15, 0.2) is 0 Å². The third kappa shape index (κ3) is 3.19. The van der Waals surface area contributed by atoms with Crippen LogP contribution in [-0.4, -0.2) is 59.5 Å². The minimum atomic E-state index is -0.518. The molecule has 0 radical (unpaired) electrons. The number of aromatic nitrogens is 2. The number of rotatable bonds is 4. The van der Waals surface area contributed by atoms with Crippen LogP contribution < -0.4 is 10.6 Å². The van der Waals surface area contributed by atoms with Crippen LogP contribution in [0.2, 0.25) is 0 Å². The number of dihydropyridines is 1. The molecule has 2 fully saturated rings. The highest BCUT2D eigenvalue weighted by molar-refractivity contribution is 5.92. The number of allylic oxidation sites excluding steroid dienone is 1. The van der Waals surface area contributed by atoms with Crippen LogP contribution in [0, 0.1) is 5.41 Å². The predicted octanol–water partition coefficient (Wildman–Crippen LogP) is 2.40. The fourth-order valence-corrected chi connectivity index (χ4v) is 5.02. The van der Waals surface area contributed by atoms with Gasteiger partial charge < -0.3 is 15.4 Å². The van der Waals surface area contributed by atoms with Gasteiger partial charge in [-0.15, -0.1) is 0 Å². The summed E-state index contributed by atoms with van der Waals surface area (Å²) in [5, 5.41) is 11.4. The van der Waals surface area contributed by atoms with Gasteiger partial charge in [-0.25, -0.2) is 0 Å². The van der Waals surface area contributed by atoms with E-state index in [1.54, 1.807) is 0 Å². The normalized spacial score (nSPS) is 25.1. The van der Waals surface area contributed by atoms with Crippen molar-refractivity contribution in [1.82, 2.24) is 25.3 Å². The van der Waals surface area contributed by atoms with Crippen molar-refractivity contribution in [3.8, 4) is 0 Å². The lowest BCUT2D eigenvalue weighted by Gasteiger charge is -2.41. The van der Waals surface area contributed by atoms with Gasteiger partial charge in [0.2, 0.25) is 5.91 Å². The minimum Gasteiger partial charge on any atom is -0.378 e. The molecule has 162 valence electrons. The average molecular weight is 412 g/mol. The van der Waals surface area contributed by atoms with E-state index in [0.717, 1.165) is 49.0 Å². The van der Waals surface area contributed by atoms with E-state index < -0.39 is 5.41 Å². The van der Waals surface area contributed by atoms with Crippen LogP contribution >= 0.6 is 0 Å². The number of hydrogen-bond acceptors (Lipinski definition) is 5. The summed E-state index contributed by atoms with van der Waals surface area (Å²) in [6.45, 7) is 13.1. The second-order valence-corrected chi connectivity index (χ2v) is 9.89. The van der Waals surface area contributed by atoms with Crippen molar-refractivity contribution in [2.75, 3.05) is 32.8 Å². The third-order valence-corrected chi connectivity index (χ3v) is 7.19. The molecule has 2 saturated heterocycles. The Morgan fingerprint density at radius 1 is 1.23 bits per heavy atom. The van der Waals surface area contributed by atoms with Crippen LogP contribution in [0.3, 0.4) is 0 Å². The van der Waals surface area contributed by atoms with Crippen molar-refractivity contribution in [3.63, 3.8) is 0 Å². The summed E-state index contributed by atoms with van der Waals surface area (Å²) in [7, 11) is 0. The zero-order chi connectivity index (χ0) is 21.0. The number of likely N-dealkylation sites (tertiary alicyclic amines) is 1. The van der Waals surface area contributed by atoms with Crippen molar-refractivity contribution >= 4 is 11.5 Å². The highest BCUT2D eigenvalue weighted by Crippen LogP contribution is 2.39. The van der Waals surface area contributed by atoms with E-state index in [4.69, 9.17) is 9.84 Å². The Kier molecular flexibility index (Phi) is 4.78. The molecule has 0 aliphatic carbocycles. The highest BCUT2D eigenvalue weighted by Gasteiger charge is 2.41. The number of hydrogen-bond donors (Lipinski definition) is 2. The summed E-state index contributed by atoms with van der Waals surface area (Å²) < 4.78 is 7.59. The molecule has 5 rings (SSSR count). The Hall–Kier alpha value is -2.12. The fourth-order valence-electron chi connectivity index (χ4n) is 5.02. The first kappa shape index (κ1) is 19.8. The number of ether oxygens (including phenoxy) is 1. The molecule has 7 heteroatoms. The Morgan fingerprint density at radius 3 is 2.60 bits per heavy atom. The first-order valence-corrected chi connectivity index (χ1v) is 11.3. The van der Waals surface area contributed by atoms with Gasteiger partial charge in [0.1, 0.15) is 5.82 Å². The van der Waals surface area contributed by atoms with Crippen molar-refractivity contribution < 1.29 is 9.53 Å². The van der Waals surface area contributed by atoms with Gasteiger partial charge in [0, 0.05) is 29.8 Å². The first-order valence-electron chi connectivity index (χ1n) is 11.3. The predicted molar refractivity (Wildman–Crippen MR) is 116 cm³/mol. The Bertz CT molecular complexity index is 914.